The molecule has 4 N–H and O–H groups in total. The summed E-state index contributed by atoms with van der Waals surface area (Å²) in [6.45, 7) is 2.21. The summed E-state index contributed by atoms with van der Waals surface area (Å²) in [5.41, 5.74) is 5.02. The fourth-order valence-electron chi connectivity index (χ4n) is 5.08. The van der Waals surface area contributed by atoms with Crippen LogP contribution >= 0.6 is 0 Å². The first-order valence-electron chi connectivity index (χ1n) is 13.8. The maximum Gasteiger partial charge on any atom is 0.269 e. The summed E-state index contributed by atoms with van der Waals surface area (Å²) < 4.78 is 1.35. The maximum absolute atomic E-state index is 11.3. The highest BCUT2D eigenvalue weighted by atomic mass is 16.6. The van der Waals surface area contributed by atoms with Crippen molar-refractivity contribution in [2.45, 2.75) is 76.9 Å². The van der Waals surface area contributed by atoms with Crippen molar-refractivity contribution in [2.75, 3.05) is 10.4 Å². The molecule has 2 aromatic carbocycles. The number of hydrazine groups is 1. The zero-order valence-electron chi connectivity index (χ0n) is 22.4. The van der Waals surface area contributed by atoms with Crippen LogP contribution in [0.4, 0.5) is 17.1 Å². The van der Waals surface area contributed by atoms with E-state index in [1.54, 1.807) is 35.4 Å². The summed E-state index contributed by atoms with van der Waals surface area (Å²) in [6, 6.07) is 14.4. The number of nitrogens with one attached hydrogen (secondary N) is 1. The number of aromatic hydroxyl groups is 2. The number of non-ortho nitro benzene ring substituents is 1. The molecule has 9 nitrogen and oxygen atoms in total. The maximum atomic E-state index is 11.3. The van der Waals surface area contributed by atoms with Crippen molar-refractivity contribution in [1.29, 1.82) is 0 Å². The number of hydrogen-bond acceptors (Lipinski definition) is 7. The van der Waals surface area contributed by atoms with Gasteiger partial charge in [0.15, 0.2) is 0 Å². The van der Waals surface area contributed by atoms with Gasteiger partial charge in [-0.25, -0.2) is 4.57 Å². The van der Waals surface area contributed by atoms with Gasteiger partial charge in [-0.3, -0.25) is 20.5 Å². The summed E-state index contributed by atoms with van der Waals surface area (Å²) in [4.78, 5) is 10.6. The molecule has 0 spiro atoms. The number of nitro benzene ring substituents is 1. The summed E-state index contributed by atoms with van der Waals surface area (Å²) in [6.07, 6.45) is 12.6. The Hall–Kier alpha value is -3.98. The highest BCUT2D eigenvalue weighted by Gasteiger charge is 2.35. The van der Waals surface area contributed by atoms with Crippen LogP contribution in [0.2, 0.25) is 0 Å². The van der Waals surface area contributed by atoms with E-state index in [4.69, 9.17) is 0 Å². The van der Waals surface area contributed by atoms with Gasteiger partial charge in [0.1, 0.15) is 5.69 Å². The molecule has 0 radical (unpaired) electrons. The van der Waals surface area contributed by atoms with Crippen molar-refractivity contribution in [1.82, 2.24) is 4.57 Å². The second-order valence-corrected chi connectivity index (χ2v) is 10.0. The second-order valence-electron chi connectivity index (χ2n) is 10.0. The van der Waals surface area contributed by atoms with E-state index in [0.717, 1.165) is 19.3 Å². The molecule has 0 amide bonds. The molecule has 1 aromatic heterocycles. The monoisotopic (exact) mass is 534 g/mol. The van der Waals surface area contributed by atoms with Crippen LogP contribution in [0.15, 0.2) is 60.7 Å². The van der Waals surface area contributed by atoms with E-state index in [0.29, 0.717) is 29.0 Å². The topological polar surface area (TPSA) is 124 Å². The van der Waals surface area contributed by atoms with Gasteiger partial charge < -0.3 is 15.3 Å². The molecule has 39 heavy (non-hydrogen) atoms. The first kappa shape index (κ1) is 28.0. The zero-order chi connectivity index (χ0) is 27.8. The number of unbranched alkanes of at least 4 members (excludes halogenated alkanes) is 7. The van der Waals surface area contributed by atoms with Gasteiger partial charge in [-0.1, -0.05) is 82.6 Å². The summed E-state index contributed by atoms with van der Waals surface area (Å²) >= 11 is 0. The molecule has 0 aliphatic carbocycles. The van der Waals surface area contributed by atoms with E-state index in [2.05, 4.69) is 12.3 Å². The number of fused-ring (bicyclic) bond motifs is 1. The lowest BCUT2D eigenvalue weighted by molar-refractivity contribution is -0.384. The lowest BCUT2D eigenvalue weighted by Gasteiger charge is -2.37. The number of anilines is 2. The van der Waals surface area contributed by atoms with Crippen LogP contribution in [0.1, 0.15) is 70.3 Å². The molecule has 0 saturated carbocycles. The van der Waals surface area contributed by atoms with Gasteiger partial charge in [-0.15, -0.1) is 0 Å². The number of benzene rings is 2. The number of nitrogens with zero attached hydrogens (tertiary/aromatic N) is 3. The molecule has 1 aliphatic rings. The summed E-state index contributed by atoms with van der Waals surface area (Å²) in [5, 5.41) is 46.4. The third-order valence-electron chi connectivity index (χ3n) is 7.22. The Labute approximate surface area is 229 Å². The van der Waals surface area contributed by atoms with Crippen LogP contribution in [-0.2, 0) is 0 Å². The van der Waals surface area contributed by atoms with Gasteiger partial charge in [0.2, 0.25) is 11.8 Å². The molecule has 3 aromatic rings. The first-order valence-corrected chi connectivity index (χ1v) is 13.8. The molecular formula is C30H38N4O5. The Balaban J connectivity index is 1.56. The molecule has 1 aliphatic heterocycles. The number of hydrogen-bond donors (Lipinski definition) is 4. The molecule has 2 heterocycles. The fraction of sp³-hybridized carbons (Fsp3) is 0.400. The molecule has 0 saturated heterocycles. The standard InChI is InChI=1S/C30H38N4O5/c1-2-3-4-5-6-7-8-12-15-27(35)26-21-20-25-28(30(37)32(29(25)36)23-13-10-9-11-14-23)33(26)31-22-16-18-24(19-17-22)34(38)39/h9-11,13-14,16-21,26-27,31,35-37H,2-8,12,15H2,1H3. The van der Waals surface area contributed by atoms with Gasteiger partial charge in [0.25, 0.3) is 5.69 Å². The van der Waals surface area contributed by atoms with Crippen LogP contribution in [-0.4, -0.2) is 37.0 Å². The molecular weight excluding hydrogens is 496 g/mol. The van der Waals surface area contributed by atoms with E-state index < -0.39 is 17.1 Å². The molecule has 0 bridgehead atoms. The number of rotatable bonds is 14. The highest BCUT2D eigenvalue weighted by Crippen LogP contribution is 2.47. The minimum absolute atomic E-state index is 0.0400. The average Bonchev–Trinajstić information content (AvgIpc) is 3.20. The third kappa shape index (κ3) is 6.54. The smallest absolute Gasteiger partial charge is 0.269 e. The number of aromatic nitrogens is 1. The third-order valence-corrected chi connectivity index (χ3v) is 7.22. The van der Waals surface area contributed by atoms with Crippen LogP contribution in [0.5, 0.6) is 11.8 Å². The second kappa shape index (κ2) is 13.2. The van der Waals surface area contributed by atoms with Crippen LogP contribution < -0.4 is 10.4 Å². The number of para-hydroxylation sites is 1. The van der Waals surface area contributed by atoms with Gasteiger partial charge in [-0.2, -0.15) is 0 Å². The van der Waals surface area contributed by atoms with Gasteiger partial charge >= 0.3 is 0 Å². The minimum atomic E-state index is -0.748. The Morgan fingerprint density at radius 2 is 1.56 bits per heavy atom. The number of aliphatic hydroxyl groups is 1. The average molecular weight is 535 g/mol. The first-order chi connectivity index (χ1) is 18.9. The number of aliphatic hydroxyl groups excluding tert-OH is 1. The SMILES string of the molecule is CCCCCCCCCCC(O)C1C=Cc2c(c(O)n(-c3ccccc3)c2O)N1Nc1ccc([N+](=O)[O-])cc1. The lowest BCUT2D eigenvalue weighted by atomic mass is 9.98. The van der Waals surface area contributed by atoms with Crippen LogP contribution in [0, 0.1) is 10.1 Å². The number of nitro groups is 1. The fourth-order valence-corrected chi connectivity index (χ4v) is 5.08. The van der Waals surface area contributed by atoms with Crippen LogP contribution in [0.25, 0.3) is 11.8 Å². The summed E-state index contributed by atoms with van der Waals surface area (Å²) in [5.74, 6) is -0.312. The van der Waals surface area contributed by atoms with Crippen LogP contribution in [0.3, 0.4) is 0 Å². The van der Waals surface area contributed by atoms with E-state index in [-0.39, 0.29) is 17.4 Å². The van der Waals surface area contributed by atoms with Crippen molar-refractivity contribution in [3.8, 4) is 17.4 Å². The summed E-state index contributed by atoms with van der Waals surface area (Å²) in [7, 11) is 0. The minimum Gasteiger partial charge on any atom is -0.494 e. The Morgan fingerprint density at radius 3 is 2.21 bits per heavy atom. The predicted octanol–water partition coefficient (Wildman–Crippen LogP) is 6.92. The van der Waals surface area contributed by atoms with E-state index >= 15 is 0 Å². The van der Waals surface area contributed by atoms with Crippen molar-refractivity contribution in [3.05, 3.63) is 76.4 Å². The normalized spacial score (nSPS) is 15.2. The van der Waals surface area contributed by atoms with Crippen molar-refractivity contribution in [3.63, 3.8) is 0 Å². The van der Waals surface area contributed by atoms with E-state index in [1.807, 2.05) is 24.3 Å². The molecule has 2 unspecified atom stereocenters. The Kier molecular flexibility index (Phi) is 9.49. The molecule has 208 valence electrons. The molecule has 4 rings (SSSR count). The predicted molar refractivity (Wildman–Crippen MR) is 154 cm³/mol. The Bertz CT molecular complexity index is 1260. The van der Waals surface area contributed by atoms with Gasteiger partial charge in [0.05, 0.1) is 34.0 Å². The Morgan fingerprint density at radius 1 is 0.923 bits per heavy atom. The highest BCUT2D eigenvalue weighted by molar-refractivity contribution is 5.83. The van der Waals surface area contributed by atoms with Gasteiger partial charge in [0, 0.05) is 12.1 Å². The quantitative estimate of drug-likeness (QED) is 0.101. The van der Waals surface area contributed by atoms with Crippen molar-refractivity contribution in [2.24, 2.45) is 0 Å². The largest absolute Gasteiger partial charge is 0.494 e. The molecule has 2 atom stereocenters. The molecule has 0 fully saturated rings. The van der Waals surface area contributed by atoms with Gasteiger partial charge in [-0.05, 0) is 36.8 Å². The van der Waals surface area contributed by atoms with E-state index in [9.17, 15) is 25.4 Å². The molecule has 9 heteroatoms. The van der Waals surface area contributed by atoms with Crippen molar-refractivity contribution < 1.29 is 20.2 Å². The lowest BCUT2D eigenvalue weighted by Crippen LogP contribution is -2.47. The van der Waals surface area contributed by atoms with Crippen molar-refractivity contribution >= 4 is 23.1 Å². The van der Waals surface area contributed by atoms with E-state index in [1.165, 1.54) is 48.8 Å². The zero-order valence-corrected chi connectivity index (χ0v) is 22.4.